The molecule has 0 heterocycles. The topological polar surface area (TPSA) is 67.8 Å². The Kier molecular flexibility index (Phi) is 5.73. The Morgan fingerprint density at radius 1 is 1.56 bits per heavy atom. The minimum Gasteiger partial charge on any atom is -0.481 e. The summed E-state index contributed by atoms with van der Waals surface area (Å²) in [5, 5.41) is 11.8. The molecule has 0 aromatic carbocycles. The molecule has 0 spiro atoms. The zero-order valence-corrected chi connectivity index (χ0v) is 9.94. The van der Waals surface area contributed by atoms with Crippen molar-refractivity contribution in [3.05, 3.63) is 0 Å². The maximum atomic E-state index is 10.3. The third-order valence-electron chi connectivity index (χ3n) is 2.88. The van der Waals surface area contributed by atoms with Crippen molar-refractivity contribution < 1.29 is 19.4 Å². The number of ether oxygens (including phenoxy) is 2. The van der Waals surface area contributed by atoms with E-state index in [9.17, 15) is 4.79 Å². The van der Waals surface area contributed by atoms with Crippen molar-refractivity contribution in [1.82, 2.24) is 5.32 Å². The van der Waals surface area contributed by atoms with Crippen molar-refractivity contribution in [2.75, 3.05) is 20.3 Å². The van der Waals surface area contributed by atoms with Gasteiger partial charge in [-0.3, -0.25) is 4.79 Å². The Balaban J connectivity index is 2.12. The highest BCUT2D eigenvalue weighted by Crippen LogP contribution is 2.26. The largest absolute Gasteiger partial charge is 0.481 e. The quantitative estimate of drug-likeness (QED) is 0.600. The Labute approximate surface area is 96.1 Å². The number of hydrogen-bond acceptors (Lipinski definition) is 4. The van der Waals surface area contributed by atoms with Gasteiger partial charge >= 0.3 is 5.97 Å². The summed E-state index contributed by atoms with van der Waals surface area (Å²) in [5.41, 5.74) is 0. The van der Waals surface area contributed by atoms with Crippen LogP contribution in [0, 0.1) is 0 Å². The van der Waals surface area contributed by atoms with Gasteiger partial charge in [0.05, 0.1) is 12.2 Å². The van der Waals surface area contributed by atoms with Crippen LogP contribution in [-0.4, -0.2) is 49.6 Å². The van der Waals surface area contributed by atoms with E-state index < -0.39 is 5.97 Å². The number of carbonyl (C=O) groups is 1. The number of carboxylic acid groups (broad SMARTS) is 1. The lowest BCUT2D eigenvalue weighted by atomic mass is 9.85. The van der Waals surface area contributed by atoms with Crippen molar-refractivity contribution in [2.45, 2.75) is 44.4 Å². The molecular weight excluding hydrogens is 210 g/mol. The van der Waals surface area contributed by atoms with E-state index in [2.05, 4.69) is 5.32 Å². The lowest BCUT2D eigenvalue weighted by Gasteiger charge is -2.43. The highest BCUT2D eigenvalue weighted by Gasteiger charge is 2.41. The first kappa shape index (κ1) is 13.4. The van der Waals surface area contributed by atoms with Crippen molar-refractivity contribution in [2.24, 2.45) is 0 Å². The molecular formula is C11H21NO4. The van der Waals surface area contributed by atoms with E-state index in [0.717, 1.165) is 13.0 Å². The number of methoxy groups -OCH3 is 1. The summed E-state index contributed by atoms with van der Waals surface area (Å²) < 4.78 is 10.8. The molecule has 1 rings (SSSR count). The molecule has 1 fully saturated rings. The molecule has 3 atom stereocenters. The average Bonchev–Trinajstić information content (AvgIpc) is 2.21. The van der Waals surface area contributed by atoms with Crippen LogP contribution in [0.2, 0.25) is 0 Å². The van der Waals surface area contributed by atoms with Gasteiger partial charge in [0.15, 0.2) is 0 Å². The number of rotatable bonds is 8. The van der Waals surface area contributed by atoms with Crippen LogP contribution in [0.25, 0.3) is 0 Å². The summed E-state index contributed by atoms with van der Waals surface area (Å²) >= 11 is 0. The van der Waals surface area contributed by atoms with Crippen molar-refractivity contribution in [3.8, 4) is 0 Å². The molecule has 5 nitrogen and oxygen atoms in total. The molecule has 0 aromatic rings. The van der Waals surface area contributed by atoms with Crippen LogP contribution in [0.5, 0.6) is 0 Å². The zero-order chi connectivity index (χ0) is 12.0. The van der Waals surface area contributed by atoms with Gasteiger partial charge in [-0.2, -0.15) is 0 Å². The number of nitrogens with one attached hydrogen (secondary N) is 1. The minimum atomic E-state index is -0.745. The van der Waals surface area contributed by atoms with Gasteiger partial charge in [-0.25, -0.2) is 0 Å². The average molecular weight is 231 g/mol. The molecule has 3 unspecified atom stereocenters. The molecule has 1 saturated carbocycles. The molecule has 1 aliphatic rings. The molecule has 0 bridgehead atoms. The van der Waals surface area contributed by atoms with Gasteiger partial charge in [0.25, 0.3) is 0 Å². The van der Waals surface area contributed by atoms with Crippen LogP contribution in [-0.2, 0) is 14.3 Å². The first-order valence-electron chi connectivity index (χ1n) is 5.78. The maximum absolute atomic E-state index is 10.3. The highest BCUT2D eigenvalue weighted by atomic mass is 16.5. The molecule has 0 radical (unpaired) electrons. The second-order valence-corrected chi connectivity index (χ2v) is 3.99. The molecule has 0 amide bonds. The Morgan fingerprint density at radius 3 is 2.88 bits per heavy atom. The fourth-order valence-electron chi connectivity index (χ4n) is 2.00. The van der Waals surface area contributed by atoms with Gasteiger partial charge in [0.1, 0.15) is 0 Å². The molecule has 0 aromatic heterocycles. The maximum Gasteiger partial charge on any atom is 0.303 e. The second-order valence-electron chi connectivity index (χ2n) is 3.99. The highest BCUT2D eigenvalue weighted by molar-refractivity contribution is 5.66. The number of carboxylic acids is 1. The molecule has 5 heteroatoms. The normalized spacial score (nSPS) is 28.8. The Morgan fingerprint density at radius 2 is 2.31 bits per heavy atom. The molecule has 0 aliphatic heterocycles. The Hall–Kier alpha value is -0.650. The standard InChI is InChI=1S/C11H21NO4/c1-3-16-9-7-8(11(9)15-2)12-6-4-5-10(13)14/h8-9,11-12H,3-7H2,1-2H3,(H,13,14). The minimum absolute atomic E-state index is 0.102. The van der Waals surface area contributed by atoms with Crippen LogP contribution < -0.4 is 5.32 Å². The van der Waals surface area contributed by atoms with Gasteiger partial charge in [-0.1, -0.05) is 0 Å². The van der Waals surface area contributed by atoms with Crippen LogP contribution in [0.4, 0.5) is 0 Å². The van der Waals surface area contributed by atoms with Gasteiger partial charge in [0.2, 0.25) is 0 Å². The first-order chi connectivity index (χ1) is 7.69. The monoisotopic (exact) mass is 231 g/mol. The molecule has 2 N–H and O–H groups in total. The second kappa shape index (κ2) is 6.83. The fourth-order valence-corrected chi connectivity index (χ4v) is 2.00. The lowest BCUT2D eigenvalue weighted by molar-refractivity contribution is -0.137. The van der Waals surface area contributed by atoms with E-state index in [-0.39, 0.29) is 18.6 Å². The smallest absolute Gasteiger partial charge is 0.303 e. The number of hydrogen-bond donors (Lipinski definition) is 2. The van der Waals surface area contributed by atoms with E-state index in [1.54, 1.807) is 7.11 Å². The van der Waals surface area contributed by atoms with E-state index in [1.807, 2.05) is 6.92 Å². The first-order valence-corrected chi connectivity index (χ1v) is 5.78. The van der Waals surface area contributed by atoms with E-state index in [0.29, 0.717) is 19.1 Å². The summed E-state index contributed by atoms with van der Waals surface area (Å²) in [6.45, 7) is 3.40. The van der Waals surface area contributed by atoms with Gasteiger partial charge in [-0.15, -0.1) is 0 Å². The van der Waals surface area contributed by atoms with Crippen LogP contribution in [0.1, 0.15) is 26.2 Å². The molecule has 1 aliphatic carbocycles. The molecule has 0 saturated heterocycles. The van der Waals surface area contributed by atoms with Crippen LogP contribution in [0.3, 0.4) is 0 Å². The van der Waals surface area contributed by atoms with Crippen LogP contribution in [0.15, 0.2) is 0 Å². The van der Waals surface area contributed by atoms with E-state index >= 15 is 0 Å². The Bertz CT molecular complexity index is 222. The van der Waals surface area contributed by atoms with Crippen molar-refractivity contribution in [3.63, 3.8) is 0 Å². The summed E-state index contributed by atoms with van der Waals surface area (Å²) in [6.07, 6.45) is 2.10. The summed E-state index contributed by atoms with van der Waals surface area (Å²) in [5.74, 6) is -0.745. The third kappa shape index (κ3) is 3.73. The predicted octanol–water partition coefficient (Wildman–Crippen LogP) is 0.633. The predicted molar refractivity (Wildman–Crippen MR) is 59.5 cm³/mol. The summed E-state index contributed by atoms with van der Waals surface area (Å²) in [4.78, 5) is 10.3. The van der Waals surface area contributed by atoms with Crippen molar-refractivity contribution >= 4 is 5.97 Å². The zero-order valence-electron chi connectivity index (χ0n) is 9.94. The van der Waals surface area contributed by atoms with Gasteiger partial charge < -0.3 is 19.9 Å². The summed E-state index contributed by atoms with van der Waals surface area (Å²) in [7, 11) is 1.68. The number of aliphatic carboxylic acids is 1. The molecule has 16 heavy (non-hydrogen) atoms. The fraction of sp³-hybridized carbons (Fsp3) is 0.909. The van der Waals surface area contributed by atoms with Crippen LogP contribution >= 0.6 is 0 Å². The van der Waals surface area contributed by atoms with Crippen molar-refractivity contribution in [1.29, 1.82) is 0 Å². The third-order valence-corrected chi connectivity index (χ3v) is 2.88. The molecule has 94 valence electrons. The SMILES string of the molecule is CCOC1CC(NCCCC(=O)O)C1OC. The summed E-state index contributed by atoms with van der Waals surface area (Å²) in [6, 6.07) is 0.301. The van der Waals surface area contributed by atoms with E-state index in [1.165, 1.54) is 0 Å². The van der Waals surface area contributed by atoms with Gasteiger partial charge in [0, 0.05) is 26.2 Å². The van der Waals surface area contributed by atoms with Gasteiger partial charge in [-0.05, 0) is 26.3 Å². The van der Waals surface area contributed by atoms with E-state index in [4.69, 9.17) is 14.6 Å². The lowest BCUT2D eigenvalue weighted by Crippen LogP contribution is -2.59.